The maximum atomic E-state index is 13.6. The lowest BCUT2D eigenvalue weighted by molar-refractivity contribution is 0.131. The largest absolute Gasteiger partial charge is 0.396 e. The van der Waals surface area contributed by atoms with Crippen LogP contribution in [0.4, 0.5) is 4.39 Å². The fourth-order valence-corrected chi connectivity index (χ4v) is 1.40. The van der Waals surface area contributed by atoms with E-state index in [1.807, 2.05) is 26.8 Å². The fraction of sp³-hybridized carbons (Fsp3) is 0.500. The van der Waals surface area contributed by atoms with Crippen molar-refractivity contribution in [2.45, 2.75) is 26.8 Å². The first-order valence-electron chi connectivity index (χ1n) is 5.01. The Kier molecular flexibility index (Phi) is 5.39. The summed E-state index contributed by atoms with van der Waals surface area (Å²) >= 11 is 0. The highest BCUT2D eigenvalue weighted by Crippen LogP contribution is 2.32. The van der Waals surface area contributed by atoms with Crippen LogP contribution in [0.25, 0.3) is 0 Å². The molecule has 0 unspecified atom stereocenters. The molecule has 2 nitrogen and oxygen atoms in total. The Bertz CT molecular complexity index is 355. The summed E-state index contributed by atoms with van der Waals surface area (Å²) in [6.45, 7) is 5.39. The predicted octanol–water partition coefficient (Wildman–Crippen LogP) is 2.57. The van der Waals surface area contributed by atoms with E-state index >= 15 is 0 Å². The van der Waals surface area contributed by atoms with Crippen LogP contribution in [-0.2, 0) is 0 Å². The van der Waals surface area contributed by atoms with Gasteiger partial charge in [-0.1, -0.05) is 26.0 Å². The van der Waals surface area contributed by atoms with E-state index < -0.39 is 11.5 Å². The van der Waals surface area contributed by atoms with E-state index in [0.717, 1.165) is 5.56 Å². The monoisotopic (exact) mass is 247 g/mol. The number of aliphatic hydroxyl groups is 1. The Morgan fingerprint density at radius 1 is 1.44 bits per heavy atom. The van der Waals surface area contributed by atoms with Gasteiger partial charge in [-0.15, -0.1) is 12.4 Å². The third-order valence-electron chi connectivity index (χ3n) is 2.74. The second kappa shape index (κ2) is 5.62. The minimum atomic E-state index is -0.518. The molecule has 16 heavy (non-hydrogen) atoms. The zero-order chi connectivity index (χ0) is 11.6. The average Bonchev–Trinajstić information content (AvgIpc) is 2.17. The molecule has 1 aromatic carbocycles. The molecule has 0 aromatic heterocycles. The first-order valence-corrected chi connectivity index (χ1v) is 5.01. The minimum Gasteiger partial charge on any atom is -0.396 e. The fourth-order valence-electron chi connectivity index (χ4n) is 1.40. The van der Waals surface area contributed by atoms with E-state index in [2.05, 4.69) is 0 Å². The predicted molar refractivity (Wildman–Crippen MR) is 66.2 cm³/mol. The van der Waals surface area contributed by atoms with Crippen molar-refractivity contribution in [1.82, 2.24) is 0 Å². The quantitative estimate of drug-likeness (QED) is 0.863. The van der Waals surface area contributed by atoms with Crippen molar-refractivity contribution in [1.29, 1.82) is 0 Å². The number of rotatable bonds is 3. The molecule has 0 aliphatic rings. The lowest BCUT2D eigenvalue weighted by Crippen LogP contribution is -2.33. The molecule has 0 fully saturated rings. The van der Waals surface area contributed by atoms with E-state index in [4.69, 9.17) is 10.8 Å². The molecule has 0 saturated heterocycles. The highest BCUT2D eigenvalue weighted by atomic mass is 35.5. The van der Waals surface area contributed by atoms with Crippen LogP contribution in [0, 0.1) is 18.2 Å². The maximum Gasteiger partial charge on any atom is 0.128 e. The standard InChI is InChI=1S/C12H18FNO.ClH/c1-8-4-5-9(10(13)6-8)11(14)12(2,3)7-15;/h4-6,11,15H,7,14H2,1-3H3;1H/t11-;/m1./s1. The topological polar surface area (TPSA) is 46.2 Å². The van der Waals surface area contributed by atoms with Crippen LogP contribution in [0.2, 0.25) is 0 Å². The van der Waals surface area contributed by atoms with Crippen LogP contribution in [-0.4, -0.2) is 11.7 Å². The number of halogens is 2. The summed E-state index contributed by atoms with van der Waals surface area (Å²) < 4.78 is 13.6. The van der Waals surface area contributed by atoms with Gasteiger partial charge in [-0.25, -0.2) is 4.39 Å². The minimum absolute atomic E-state index is 0. The smallest absolute Gasteiger partial charge is 0.128 e. The Balaban J connectivity index is 0.00000225. The van der Waals surface area contributed by atoms with Gasteiger partial charge in [0.05, 0.1) is 0 Å². The van der Waals surface area contributed by atoms with E-state index in [1.165, 1.54) is 6.07 Å². The molecule has 1 aromatic rings. The molecular weight excluding hydrogens is 229 g/mol. The van der Waals surface area contributed by atoms with Gasteiger partial charge in [0.15, 0.2) is 0 Å². The highest BCUT2D eigenvalue weighted by molar-refractivity contribution is 5.85. The maximum absolute atomic E-state index is 13.6. The average molecular weight is 248 g/mol. The Morgan fingerprint density at radius 2 is 2.00 bits per heavy atom. The lowest BCUT2D eigenvalue weighted by atomic mass is 9.81. The first-order chi connectivity index (χ1) is 6.88. The molecular formula is C12H19ClFNO. The van der Waals surface area contributed by atoms with Gasteiger partial charge in [-0.2, -0.15) is 0 Å². The Morgan fingerprint density at radius 3 is 2.44 bits per heavy atom. The molecule has 1 atom stereocenters. The third-order valence-corrected chi connectivity index (χ3v) is 2.74. The highest BCUT2D eigenvalue weighted by Gasteiger charge is 2.28. The Labute approximate surface area is 102 Å². The summed E-state index contributed by atoms with van der Waals surface area (Å²) in [7, 11) is 0. The van der Waals surface area contributed by atoms with Crippen LogP contribution in [0.1, 0.15) is 31.0 Å². The molecule has 0 heterocycles. The van der Waals surface area contributed by atoms with Crippen molar-refractivity contribution in [3.05, 3.63) is 35.1 Å². The summed E-state index contributed by atoms with van der Waals surface area (Å²) in [4.78, 5) is 0. The van der Waals surface area contributed by atoms with Gasteiger partial charge < -0.3 is 10.8 Å². The number of aryl methyl sites for hydroxylation is 1. The first kappa shape index (κ1) is 15.4. The summed E-state index contributed by atoms with van der Waals surface area (Å²) in [6, 6.07) is 4.48. The van der Waals surface area contributed by atoms with Gasteiger partial charge in [0, 0.05) is 23.6 Å². The van der Waals surface area contributed by atoms with Gasteiger partial charge >= 0.3 is 0 Å². The third kappa shape index (κ3) is 3.17. The summed E-state index contributed by atoms with van der Waals surface area (Å²) in [5, 5.41) is 9.17. The van der Waals surface area contributed by atoms with Crippen LogP contribution in [0.3, 0.4) is 0 Å². The van der Waals surface area contributed by atoms with Crippen molar-refractivity contribution in [3.8, 4) is 0 Å². The lowest BCUT2D eigenvalue weighted by Gasteiger charge is -2.30. The molecule has 3 N–H and O–H groups in total. The van der Waals surface area contributed by atoms with Crippen molar-refractivity contribution >= 4 is 12.4 Å². The van der Waals surface area contributed by atoms with Gasteiger partial charge in [0.2, 0.25) is 0 Å². The molecule has 0 amide bonds. The normalized spacial score (nSPS) is 13.1. The molecule has 0 aliphatic heterocycles. The van der Waals surface area contributed by atoms with Crippen molar-refractivity contribution in [3.63, 3.8) is 0 Å². The molecule has 1 rings (SSSR count). The van der Waals surface area contributed by atoms with Gasteiger partial charge in [0.25, 0.3) is 0 Å². The molecule has 4 heteroatoms. The van der Waals surface area contributed by atoms with Crippen LogP contribution in [0.15, 0.2) is 18.2 Å². The van der Waals surface area contributed by atoms with Gasteiger partial charge in [-0.05, 0) is 18.6 Å². The van der Waals surface area contributed by atoms with Crippen LogP contribution < -0.4 is 5.73 Å². The molecule has 92 valence electrons. The number of aliphatic hydroxyl groups excluding tert-OH is 1. The van der Waals surface area contributed by atoms with Crippen molar-refractivity contribution < 1.29 is 9.50 Å². The molecule has 0 bridgehead atoms. The summed E-state index contributed by atoms with van der Waals surface area (Å²) in [6.07, 6.45) is 0. The van der Waals surface area contributed by atoms with Crippen molar-refractivity contribution in [2.24, 2.45) is 11.1 Å². The second-order valence-electron chi connectivity index (χ2n) is 4.65. The van der Waals surface area contributed by atoms with Crippen LogP contribution >= 0.6 is 12.4 Å². The van der Waals surface area contributed by atoms with Gasteiger partial charge in [0.1, 0.15) is 5.82 Å². The summed E-state index contributed by atoms with van der Waals surface area (Å²) in [5.74, 6) is -0.302. The molecule has 0 spiro atoms. The Hall–Kier alpha value is -0.640. The zero-order valence-corrected chi connectivity index (χ0v) is 10.6. The molecule has 0 aliphatic carbocycles. The van der Waals surface area contributed by atoms with E-state index in [1.54, 1.807) is 6.07 Å². The number of hydrogen-bond acceptors (Lipinski definition) is 2. The zero-order valence-electron chi connectivity index (χ0n) is 9.83. The molecule has 0 radical (unpaired) electrons. The van der Waals surface area contributed by atoms with Gasteiger partial charge in [-0.3, -0.25) is 0 Å². The van der Waals surface area contributed by atoms with Crippen molar-refractivity contribution in [2.75, 3.05) is 6.61 Å². The second-order valence-corrected chi connectivity index (χ2v) is 4.65. The SMILES string of the molecule is Cc1ccc([C@@H](N)C(C)(C)CO)c(F)c1.Cl. The van der Waals surface area contributed by atoms with E-state index in [9.17, 15) is 4.39 Å². The summed E-state index contributed by atoms with van der Waals surface area (Å²) in [5.41, 5.74) is 6.74. The van der Waals surface area contributed by atoms with E-state index in [-0.39, 0.29) is 24.8 Å². The van der Waals surface area contributed by atoms with Crippen LogP contribution in [0.5, 0.6) is 0 Å². The molecule has 0 saturated carbocycles. The van der Waals surface area contributed by atoms with E-state index in [0.29, 0.717) is 5.56 Å². The number of nitrogens with two attached hydrogens (primary N) is 1. The number of benzene rings is 1. The number of hydrogen-bond donors (Lipinski definition) is 2.